The van der Waals surface area contributed by atoms with Crippen molar-refractivity contribution in [1.82, 2.24) is 9.97 Å². The van der Waals surface area contributed by atoms with Crippen LogP contribution in [0.3, 0.4) is 0 Å². The van der Waals surface area contributed by atoms with E-state index < -0.39 is 17.7 Å². The van der Waals surface area contributed by atoms with Crippen LogP contribution in [-0.4, -0.2) is 33.8 Å². The molecule has 190 valence electrons. The monoisotopic (exact) mass is 496 g/mol. The van der Waals surface area contributed by atoms with Crippen LogP contribution in [0.25, 0.3) is 0 Å². The van der Waals surface area contributed by atoms with Crippen LogP contribution in [0.1, 0.15) is 40.1 Å². The van der Waals surface area contributed by atoms with Gasteiger partial charge in [-0.3, -0.25) is 0 Å². The van der Waals surface area contributed by atoms with E-state index in [1.54, 1.807) is 0 Å². The largest absolute Gasteiger partial charge is 0.478 e. The number of nitrogens with zero attached hydrogens (tertiary/aromatic N) is 2. The Morgan fingerprint density at radius 1 is 0.838 bits per heavy atom. The number of aliphatic carboxylic acids is 1. The van der Waals surface area contributed by atoms with Crippen LogP contribution in [0.2, 0.25) is 0 Å². The van der Waals surface area contributed by atoms with Crippen LogP contribution in [0.5, 0.6) is 6.01 Å². The quantitative estimate of drug-likeness (QED) is 0.263. The summed E-state index contributed by atoms with van der Waals surface area (Å²) in [5.41, 5.74) is 3.75. The van der Waals surface area contributed by atoms with Gasteiger partial charge in [-0.05, 0) is 61.9 Å². The maximum atomic E-state index is 12.9. The molecule has 1 N–H and O–H groups in total. The first kappa shape index (κ1) is 26.0. The van der Waals surface area contributed by atoms with Gasteiger partial charge in [0, 0.05) is 18.0 Å². The molecule has 3 aromatic carbocycles. The van der Waals surface area contributed by atoms with E-state index in [0.717, 1.165) is 6.42 Å². The number of aryl methyl sites for hydroxylation is 4. The SMILES string of the molecule is Cc1cc(C)nc(OC(C(=O)O)C(OCCCc2ccccc2C)(c2ccccc2)c2ccccc2)n1. The van der Waals surface area contributed by atoms with Crippen LogP contribution < -0.4 is 4.74 Å². The number of ether oxygens (including phenoxy) is 2. The molecule has 1 aromatic heterocycles. The molecule has 6 nitrogen and oxygen atoms in total. The molecule has 1 unspecified atom stereocenters. The van der Waals surface area contributed by atoms with E-state index >= 15 is 0 Å². The normalized spacial score (nSPS) is 12.2. The third-order valence-electron chi connectivity index (χ3n) is 6.37. The van der Waals surface area contributed by atoms with Gasteiger partial charge in [0.15, 0.2) is 5.60 Å². The van der Waals surface area contributed by atoms with Crippen molar-refractivity contribution in [1.29, 1.82) is 0 Å². The van der Waals surface area contributed by atoms with Gasteiger partial charge in [-0.2, -0.15) is 0 Å². The molecule has 0 amide bonds. The lowest BCUT2D eigenvalue weighted by atomic mass is 9.81. The standard InChI is InChI=1S/C31H32N2O4/c1-22-13-10-11-14-25(22)15-12-20-36-31(26-16-6-4-7-17-26,27-18-8-5-9-19-27)28(29(34)35)37-30-32-23(2)21-24(3)33-30/h4-11,13-14,16-19,21,28H,12,15,20H2,1-3H3,(H,34,35). The zero-order chi connectivity index (χ0) is 26.3. The Bertz CT molecular complexity index is 1270. The molecule has 1 atom stereocenters. The van der Waals surface area contributed by atoms with Crippen molar-refractivity contribution in [2.24, 2.45) is 0 Å². The molecule has 0 saturated heterocycles. The molecule has 37 heavy (non-hydrogen) atoms. The Hall–Kier alpha value is -4.03. The lowest BCUT2D eigenvalue weighted by Gasteiger charge is -2.39. The fraction of sp³-hybridized carbons (Fsp3) is 0.258. The maximum Gasteiger partial charge on any atom is 0.348 e. The number of hydrogen-bond acceptors (Lipinski definition) is 5. The summed E-state index contributed by atoms with van der Waals surface area (Å²) in [6.07, 6.45) is 0.0704. The van der Waals surface area contributed by atoms with Gasteiger partial charge in [0.2, 0.25) is 6.10 Å². The van der Waals surface area contributed by atoms with E-state index in [1.165, 1.54) is 11.1 Å². The lowest BCUT2D eigenvalue weighted by Crippen LogP contribution is -2.51. The van der Waals surface area contributed by atoms with Crippen LogP contribution >= 0.6 is 0 Å². The summed E-state index contributed by atoms with van der Waals surface area (Å²) in [5, 5.41) is 10.5. The third-order valence-corrected chi connectivity index (χ3v) is 6.37. The molecular formula is C31H32N2O4. The van der Waals surface area contributed by atoms with E-state index in [0.29, 0.717) is 35.5 Å². The van der Waals surface area contributed by atoms with Gasteiger partial charge in [0.05, 0.1) is 0 Å². The zero-order valence-electron chi connectivity index (χ0n) is 21.4. The average Bonchev–Trinajstić information content (AvgIpc) is 2.89. The molecule has 0 bridgehead atoms. The molecule has 1 heterocycles. The van der Waals surface area contributed by atoms with Crippen LogP contribution in [0.15, 0.2) is 91.0 Å². The van der Waals surface area contributed by atoms with Gasteiger partial charge in [-0.25, -0.2) is 14.8 Å². The van der Waals surface area contributed by atoms with E-state index in [9.17, 15) is 9.90 Å². The average molecular weight is 497 g/mol. The first-order chi connectivity index (χ1) is 17.9. The number of carboxylic acid groups (broad SMARTS) is 1. The van der Waals surface area contributed by atoms with Crippen LogP contribution in [0, 0.1) is 20.8 Å². The van der Waals surface area contributed by atoms with Crippen molar-refractivity contribution in [2.45, 2.75) is 45.3 Å². The minimum absolute atomic E-state index is 0.00430. The molecule has 0 aliphatic heterocycles. The van der Waals surface area contributed by atoms with Gasteiger partial charge < -0.3 is 14.6 Å². The molecule has 4 rings (SSSR count). The van der Waals surface area contributed by atoms with E-state index in [4.69, 9.17) is 9.47 Å². The number of rotatable bonds is 11. The predicted octanol–water partition coefficient (Wildman–Crippen LogP) is 5.83. The molecular weight excluding hydrogens is 464 g/mol. The lowest BCUT2D eigenvalue weighted by molar-refractivity contribution is -0.164. The van der Waals surface area contributed by atoms with Gasteiger partial charge in [0.1, 0.15) is 0 Å². The van der Waals surface area contributed by atoms with Crippen molar-refractivity contribution in [3.8, 4) is 6.01 Å². The highest BCUT2D eigenvalue weighted by Crippen LogP contribution is 2.39. The minimum Gasteiger partial charge on any atom is -0.478 e. The molecule has 6 heteroatoms. The van der Waals surface area contributed by atoms with Crippen molar-refractivity contribution in [2.75, 3.05) is 6.61 Å². The van der Waals surface area contributed by atoms with E-state index in [2.05, 4.69) is 29.0 Å². The van der Waals surface area contributed by atoms with Gasteiger partial charge >= 0.3 is 12.0 Å². The number of benzene rings is 3. The summed E-state index contributed by atoms with van der Waals surface area (Å²) in [6.45, 7) is 6.05. The summed E-state index contributed by atoms with van der Waals surface area (Å²) in [5.74, 6) is -1.17. The topological polar surface area (TPSA) is 81.5 Å². The summed E-state index contributed by atoms with van der Waals surface area (Å²) in [7, 11) is 0. The summed E-state index contributed by atoms with van der Waals surface area (Å²) >= 11 is 0. The van der Waals surface area contributed by atoms with Crippen LogP contribution in [0.4, 0.5) is 0 Å². The Labute approximate surface area is 218 Å². The Morgan fingerprint density at radius 3 is 1.92 bits per heavy atom. The van der Waals surface area contributed by atoms with Gasteiger partial charge in [-0.15, -0.1) is 0 Å². The van der Waals surface area contributed by atoms with Crippen molar-refractivity contribution < 1.29 is 19.4 Å². The maximum absolute atomic E-state index is 12.9. The molecule has 0 aliphatic rings. The number of aromatic nitrogens is 2. The number of carboxylic acids is 1. The number of hydrogen-bond donors (Lipinski definition) is 1. The highest BCUT2D eigenvalue weighted by molar-refractivity contribution is 5.76. The Balaban J connectivity index is 1.77. The fourth-order valence-electron chi connectivity index (χ4n) is 4.63. The summed E-state index contributed by atoms with van der Waals surface area (Å²) in [6, 6.07) is 28.8. The van der Waals surface area contributed by atoms with Crippen molar-refractivity contribution in [3.63, 3.8) is 0 Å². The molecule has 4 aromatic rings. The second-order valence-corrected chi connectivity index (χ2v) is 9.12. The summed E-state index contributed by atoms with van der Waals surface area (Å²) < 4.78 is 12.8. The van der Waals surface area contributed by atoms with Gasteiger partial charge in [0.25, 0.3) is 0 Å². The van der Waals surface area contributed by atoms with Crippen LogP contribution in [-0.2, 0) is 21.6 Å². The van der Waals surface area contributed by atoms with E-state index in [-0.39, 0.29) is 6.01 Å². The predicted molar refractivity (Wildman–Crippen MR) is 143 cm³/mol. The fourth-order valence-corrected chi connectivity index (χ4v) is 4.63. The third kappa shape index (κ3) is 6.04. The second kappa shape index (κ2) is 11.8. The van der Waals surface area contributed by atoms with Crippen molar-refractivity contribution in [3.05, 3.63) is 125 Å². The molecule has 0 fully saturated rings. The zero-order valence-corrected chi connectivity index (χ0v) is 21.4. The first-order valence-electron chi connectivity index (χ1n) is 12.4. The smallest absolute Gasteiger partial charge is 0.348 e. The summed E-state index contributed by atoms with van der Waals surface area (Å²) in [4.78, 5) is 21.6. The van der Waals surface area contributed by atoms with Gasteiger partial charge in [-0.1, -0.05) is 84.9 Å². The number of carbonyl (C=O) groups is 1. The molecule has 0 spiro atoms. The molecule has 0 aliphatic carbocycles. The first-order valence-corrected chi connectivity index (χ1v) is 12.4. The highest BCUT2D eigenvalue weighted by Gasteiger charge is 2.50. The molecule has 0 radical (unpaired) electrons. The Kier molecular flexibility index (Phi) is 8.31. The highest BCUT2D eigenvalue weighted by atomic mass is 16.6. The minimum atomic E-state index is -1.45. The second-order valence-electron chi connectivity index (χ2n) is 9.12. The van der Waals surface area contributed by atoms with Crippen molar-refractivity contribution >= 4 is 5.97 Å². The van der Waals surface area contributed by atoms with E-state index in [1.807, 2.05) is 92.7 Å². The molecule has 0 saturated carbocycles. The Morgan fingerprint density at radius 2 is 1.38 bits per heavy atom.